The van der Waals surface area contributed by atoms with E-state index in [0.29, 0.717) is 19.4 Å². The Kier molecular flexibility index (Phi) is 4.31. The van der Waals surface area contributed by atoms with Crippen LogP contribution in [0.3, 0.4) is 0 Å². The average Bonchev–Trinajstić information content (AvgIpc) is 2.02. The van der Waals surface area contributed by atoms with Crippen LogP contribution < -0.4 is 5.32 Å². The first-order valence-corrected chi connectivity index (χ1v) is 6.85. The van der Waals surface area contributed by atoms with E-state index in [4.69, 9.17) is 0 Å². The van der Waals surface area contributed by atoms with Crippen LogP contribution in [0.15, 0.2) is 0 Å². The van der Waals surface area contributed by atoms with E-state index in [1.165, 1.54) is 0 Å². The highest BCUT2D eigenvalue weighted by molar-refractivity contribution is 7.91. The lowest BCUT2D eigenvalue weighted by Crippen LogP contribution is -2.29. The molecule has 0 aromatic rings. The van der Waals surface area contributed by atoms with Gasteiger partial charge in [-0.15, -0.1) is 0 Å². The van der Waals surface area contributed by atoms with Crippen LogP contribution in [0.5, 0.6) is 0 Å². The molecule has 0 aromatic carbocycles. The molecule has 0 spiro atoms. The predicted molar refractivity (Wildman–Crippen MR) is 54.8 cm³/mol. The summed E-state index contributed by atoms with van der Waals surface area (Å²) in [6.45, 7) is 0.316. The molecule has 2 unspecified atom stereocenters. The molecule has 1 N–H and O–H groups in total. The minimum atomic E-state index is -2.88. The van der Waals surface area contributed by atoms with Gasteiger partial charge in [0.2, 0.25) is 0 Å². The third-order valence-electron chi connectivity index (χ3n) is 2.57. The summed E-state index contributed by atoms with van der Waals surface area (Å²) in [5, 5.41) is 2.75. The SMILES string of the molecule is CNCC(F)CC1CCCS(=O)(=O)C1. The van der Waals surface area contributed by atoms with Crippen LogP contribution in [0.2, 0.25) is 0 Å². The minimum absolute atomic E-state index is 0.0251. The fraction of sp³-hybridized carbons (Fsp3) is 1.00. The number of nitrogens with one attached hydrogen (secondary N) is 1. The van der Waals surface area contributed by atoms with E-state index in [0.717, 1.165) is 6.42 Å². The fourth-order valence-electron chi connectivity index (χ4n) is 1.97. The third-order valence-corrected chi connectivity index (χ3v) is 4.46. The van der Waals surface area contributed by atoms with E-state index in [1.54, 1.807) is 7.05 Å². The van der Waals surface area contributed by atoms with E-state index < -0.39 is 16.0 Å². The van der Waals surface area contributed by atoms with Crippen LogP contribution in [-0.4, -0.2) is 39.7 Å². The van der Waals surface area contributed by atoms with Crippen molar-refractivity contribution >= 4 is 9.84 Å². The zero-order valence-electron chi connectivity index (χ0n) is 8.50. The monoisotopic (exact) mass is 223 g/mol. The number of alkyl halides is 1. The highest BCUT2D eigenvalue weighted by Gasteiger charge is 2.26. The van der Waals surface area contributed by atoms with Gasteiger partial charge in [-0.05, 0) is 32.2 Å². The molecule has 0 bridgehead atoms. The first kappa shape index (κ1) is 11.9. The summed E-state index contributed by atoms with van der Waals surface area (Å²) in [4.78, 5) is 0. The smallest absolute Gasteiger partial charge is 0.150 e. The first-order valence-electron chi connectivity index (χ1n) is 5.02. The van der Waals surface area contributed by atoms with Crippen LogP contribution >= 0.6 is 0 Å². The summed E-state index contributed by atoms with van der Waals surface area (Å²) >= 11 is 0. The van der Waals surface area contributed by atoms with Gasteiger partial charge < -0.3 is 5.32 Å². The molecule has 1 aliphatic heterocycles. The fourth-order valence-corrected chi connectivity index (χ4v) is 3.76. The summed E-state index contributed by atoms with van der Waals surface area (Å²) in [5.41, 5.74) is 0. The van der Waals surface area contributed by atoms with Crippen molar-refractivity contribution in [2.45, 2.75) is 25.4 Å². The molecule has 1 heterocycles. The van der Waals surface area contributed by atoms with Crippen molar-refractivity contribution in [3.05, 3.63) is 0 Å². The second-order valence-electron chi connectivity index (χ2n) is 4.01. The Balaban J connectivity index is 2.38. The lowest BCUT2D eigenvalue weighted by atomic mass is 9.99. The van der Waals surface area contributed by atoms with Crippen LogP contribution in [0.25, 0.3) is 0 Å². The molecule has 0 saturated carbocycles. The van der Waals surface area contributed by atoms with E-state index in [1.807, 2.05) is 0 Å². The molecule has 2 atom stereocenters. The Bertz CT molecular complexity index is 266. The van der Waals surface area contributed by atoms with Crippen molar-refractivity contribution in [2.75, 3.05) is 25.1 Å². The second-order valence-corrected chi connectivity index (χ2v) is 6.24. The molecular weight excluding hydrogens is 205 g/mol. The van der Waals surface area contributed by atoms with E-state index in [2.05, 4.69) is 5.32 Å². The number of rotatable bonds is 4. The maximum absolute atomic E-state index is 13.2. The Hall–Kier alpha value is -0.160. The number of halogens is 1. The van der Waals surface area contributed by atoms with Crippen molar-refractivity contribution in [2.24, 2.45) is 5.92 Å². The quantitative estimate of drug-likeness (QED) is 0.765. The minimum Gasteiger partial charge on any atom is -0.317 e. The zero-order chi connectivity index (χ0) is 10.6. The normalized spacial score (nSPS) is 28.6. The van der Waals surface area contributed by atoms with E-state index >= 15 is 0 Å². The van der Waals surface area contributed by atoms with Crippen LogP contribution in [0.4, 0.5) is 4.39 Å². The summed E-state index contributed by atoms with van der Waals surface area (Å²) in [6, 6.07) is 0. The van der Waals surface area contributed by atoms with Crippen LogP contribution in [-0.2, 0) is 9.84 Å². The van der Waals surface area contributed by atoms with Crippen LogP contribution in [0, 0.1) is 5.92 Å². The standard InChI is InChI=1S/C9H18FNO2S/c1-11-6-9(10)5-8-3-2-4-14(12,13)7-8/h8-9,11H,2-7H2,1H3. The van der Waals surface area contributed by atoms with Gasteiger partial charge in [0, 0.05) is 6.54 Å². The second kappa shape index (κ2) is 5.07. The lowest BCUT2D eigenvalue weighted by molar-refractivity contribution is 0.262. The largest absolute Gasteiger partial charge is 0.317 e. The van der Waals surface area contributed by atoms with Gasteiger partial charge in [0.15, 0.2) is 9.84 Å². The van der Waals surface area contributed by atoms with Gasteiger partial charge in [-0.25, -0.2) is 12.8 Å². The molecule has 1 fully saturated rings. The number of hydrogen-bond acceptors (Lipinski definition) is 3. The van der Waals surface area contributed by atoms with E-state index in [9.17, 15) is 12.8 Å². The van der Waals surface area contributed by atoms with Gasteiger partial charge >= 0.3 is 0 Å². The van der Waals surface area contributed by atoms with Gasteiger partial charge in [-0.2, -0.15) is 0 Å². The third kappa shape index (κ3) is 3.92. The van der Waals surface area contributed by atoms with Gasteiger partial charge in [0.25, 0.3) is 0 Å². The molecule has 1 rings (SSSR count). The summed E-state index contributed by atoms with van der Waals surface area (Å²) in [7, 11) is -1.18. The van der Waals surface area contributed by atoms with Crippen molar-refractivity contribution < 1.29 is 12.8 Å². The highest BCUT2D eigenvalue weighted by atomic mass is 32.2. The Labute approximate surface area is 85.0 Å². The average molecular weight is 223 g/mol. The molecule has 0 amide bonds. The molecule has 3 nitrogen and oxygen atoms in total. The molecule has 0 aliphatic carbocycles. The number of sulfone groups is 1. The van der Waals surface area contributed by atoms with Gasteiger partial charge in [-0.1, -0.05) is 0 Å². The van der Waals surface area contributed by atoms with Gasteiger partial charge in [0.1, 0.15) is 6.17 Å². The molecule has 0 radical (unpaired) electrons. The molecule has 5 heteroatoms. The number of hydrogen-bond donors (Lipinski definition) is 1. The topological polar surface area (TPSA) is 46.2 Å². The molecule has 14 heavy (non-hydrogen) atoms. The van der Waals surface area contributed by atoms with Crippen molar-refractivity contribution in [3.63, 3.8) is 0 Å². The molecular formula is C9H18FNO2S. The Morgan fingerprint density at radius 3 is 2.86 bits per heavy atom. The predicted octanol–water partition coefficient (Wildman–Crippen LogP) is 0.759. The van der Waals surface area contributed by atoms with Crippen LogP contribution in [0.1, 0.15) is 19.3 Å². The highest BCUT2D eigenvalue weighted by Crippen LogP contribution is 2.23. The summed E-state index contributed by atoms with van der Waals surface area (Å²) < 4.78 is 35.7. The zero-order valence-corrected chi connectivity index (χ0v) is 9.32. The molecule has 0 aromatic heterocycles. The van der Waals surface area contributed by atoms with Crippen molar-refractivity contribution in [1.29, 1.82) is 0 Å². The lowest BCUT2D eigenvalue weighted by Gasteiger charge is -2.23. The van der Waals surface area contributed by atoms with Gasteiger partial charge in [-0.3, -0.25) is 0 Å². The maximum Gasteiger partial charge on any atom is 0.150 e. The summed E-state index contributed by atoms with van der Waals surface area (Å²) in [5.74, 6) is 0.487. The molecule has 84 valence electrons. The van der Waals surface area contributed by atoms with Crippen molar-refractivity contribution in [1.82, 2.24) is 5.32 Å². The Morgan fingerprint density at radius 1 is 1.57 bits per heavy atom. The van der Waals surface area contributed by atoms with E-state index in [-0.39, 0.29) is 17.4 Å². The molecule has 1 saturated heterocycles. The van der Waals surface area contributed by atoms with Gasteiger partial charge in [0.05, 0.1) is 11.5 Å². The first-order chi connectivity index (χ1) is 6.53. The van der Waals surface area contributed by atoms with Crippen molar-refractivity contribution in [3.8, 4) is 0 Å². The maximum atomic E-state index is 13.2. The summed E-state index contributed by atoms with van der Waals surface area (Å²) in [6.07, 6.45) is 1.00. The molecule has 1 aliphatic rings. The Morgan fingerprint density at radius 2 is 2.29 bits per heavy atom.